The lowest BCUT2D eigenvalue weighted by atomic mass is 10.1. The minimum atomic E-state index is -0.0162. The van der Waals surface area contributed by atoms with Crippen LogP contribution in [-0.2, 0) is 0 Å². The molecule has 1 aromatic carbocycles. The molecule has 1 aliphatic rings. The highest BCUT2D eigenvalue weighted by Crippen LogP contribution is 2.25. The number of rotatable bonds is 7. The van der Waals surface area contributed by atoms with Crippen molar-refractivity contribution in [2.24, 2.45) is 0 Å². The van der Waals surface area contributed by atoms with Gasteiger partial charge in [0.05, 0.1) is 17.8 Å². The minimum absolute atomic E-state index is 0. The van der Waals surface area contributed by atoms with Gasteiger partial charge in [-0.25, -0.2) is 4.68 Å². The first kappa shape index (κ1) is 22.4. The zero-order valence-electron chi connectivity index (χ0n) is 17.1. The summed E-state index contributed by atoms with van der Waals surface area (Å²) in [5, 5.41) is 12.0. The van der Waals surface area contributed by atoms with E-state index in [0.717, 1.165) is 56.6 Å². The summed E-state index contributed by atoms with van der Waals surface area (Å²) in [6.45, 7) is 8.91. The number of piperidine rings is 1. The number of nitrogens with one attached hydrogen (secondary N) is 1. The summed E-state index contributed by atoms with van der Waals surface area (Å²) in [5.41, 5.74) is 2.52. The highest BCUT2D eigenvalue weighted by Gasteiger charge is 2.28. The molecule has 1 amide bonds. The Kier molecular flexibility index (Phi) is 8.45. The summed E-state index contributed by atoms with van der Waals surface area (Å²) < 4.78 is 1.96. The second-order valence-electron chi connectivity index (χ2n) is 7.39. The van der Waals surface area contributed by atoms with Gasteiger partial charge in [0, 0.05) is 6.54 Å². The van der Waals surface area contributed by atoms with Gasteiger partial charge in [-0.15, -0.1) is 17.5 Å². The normalized spacial score (nSPS) is 15.7. The van der Waals surface area contributed by atoms with Crippen LogP contribution in [0.2, 0.25) is 0 Å². The van der Waals surface area contributed by atoms with E-state index in [1.807, 2.05) is 34.7 Å². The number of amides is 1. The molecule has 2 heterocycles. The first-order valence-electron chi connectivity index (χ1n) is 10.1. The van der Waals surface area contributed by atoms with Crippen molar-refractivity contribution in [2.75, 3.05) is 19.6 Å². The Hall–Kier alpha value is -1.92. The smallest absolute Gasteiger partial charge is 0.276 e. The summed E-state index contributed by atoms with van der Waals surface area (Å²) in [7, 11) is 0. The largest absolute Gasteiger partial charge is 0.330 e. The van der Waals surface area contributed by atoms with Gasteiger partial charge < -0.3 is 10.2 Å². The fraction of sp³-hybridized carbons (Fsp3) is 0.571. The molecule has 7 heteroatoms. The first-order chi connectivity index (χ1) is 13.1. The van der Waals surface area contributed by atoms with Gasteiger partial charge in [0.2, 0.25) is 0 Å². The molecular formula is C21H32ClN5O. The van der Waals surface area contributed by atoms with Crippen molar-refractivity contribution in [2.45, 2.75) is 58.5 Å². The van der Waals surface area contributed by atoms with Gasteiger partial charge in [0.15, 0.2) is 5.69 Å². The second kappa shape index (κ2) is 10.6. The van der Waals surface area contributed by atoms with E-state index in [-0.39, 0.29) is 24.4 Å². The number of halogens is 1. The molecule has 0 bridgehead atoms. The van der Waals surface area contributed by atoms with Crippen LogP contribution in [0.15, 0.2) is 30.3 Å². The van der Waals surface area contributed by atoms with Gasteiger partial charge >= 0.3 is 0 Å². The maximum Gasteiger partial charge on any atom is 0.276 e. The van der Waals surface area contributed by atoms with Crippen molar-refractivity contribution in [3.05, 3.63) is 47.3 Å². The third-order valence-electron chi connectivity index (χ3n) is 5.55. The van der Waals surface area contributed by atoms with E-state index in [2.05, 4.69) is 41.6 Å². The van der Waals surface area contributed by atoms with Crippen molar-refractivity contribution < 1.29 is 4.79 Å². The predicted molar refractivity (Wildman–Crippen MR) is 114 cm³/mol. The number of carbonyl (C=O) groups excluding carboxylic acids is 1. The summed E-state index contributed by atoms with van der Waals surface area (Å²) in [4.78, 5) is 15.3. The Morgan fingerprint density at radius 2 is 1.96 bits per heavy atom. The van der Waals surface area contributed by atoms with Gasteiger partial charge in [-0.1, -0.05) is 48.9 Å². The number of unbranched alkanes of at least 4 members (excludes halogenated alkanes) is 1. The average molecular weight is 406 g/mol. The van der Waals surface area contributed by atoms with E-state index >= 15 is 0 Å². The van der Waals surface area contributed by atoms with Crippen molar-refractivity contribution in [1.82, 2.24) is 25.2 Å². The van der Waals surface area contributed by atoms with Crippen molar-refractivity contribution in [3.8, 4) is 0 Å². The molecule has 1 fully saturated rings. The zero-order valence-corrected chi connectivity index (χ0v) is 17.9. The molecule has 0 saturated carbocycles. The molecule has 0 spiro atoms. The molecule has 1 unspecified atom stereocenters. The predicted octanol–water partition coefficient (Wildman–Crippen LogP) is 3.94. The maximum atomic E-state index is 13.4. The Morgan fingerprint density at radius 3 is 2.61 bits per heavy atom. The first-order valence-corrected chi connectivity index (χ1v) is 10.1. The van der Waals surface area contributed by atoms with Crippen LogP contribution < -0.4 is 5.32 Å². The van der Waals surface area contributed by atoms with Crippen molar-refractivity contribution >= 4 is 18.3 Å². The lowest BCUT2D eigenvalue weighted by molar-refractivity contribution is 0.0680. The standard InChI is InChI=1S/C21H31N5O.ClH/c1-4-5-15-25(16(2)18-9-7-6-8-10-18)21(27)20-17(3)26(24-23-20)19-11-13-22-14-12-19;/h6-10,16,19,22H,4-5,11-15H2,1-3H3;1H. The average Bonchev–Trinajstić information content (AvgIpc) is 3.10. The van der Waals surface area contributed by atoms with Crippen molar-refractivity contribution in [1.29, 1.82) is 0 Å². The lowest BCUT2D eigenvalue weighted by Gasteiger charge is -2.29. The lowest BCUT2D eigenvalue weighted by Crippen LogP contribution is -2.35. The van der Waals surface area contributed by atoms with Gasteiger partial charge in [0.25, 0.3) is 5.91 Å². The molecule has 1 saturated heterocycles. The number of hydrogen-bond acceptors (Lipinski definition) is 4. The zero-order chi connectivity index (χ0) is 19.2. The third-order valence-corrected chi connectivity index (χ3v) is 5.55. The summed E-state index contributed by atoms with van der Waals surface area (Å²) in [5.74, 6) is -0.0162. The van der Waals surface area contributed by atoms with E-state index in [9.17, 15) is 4.79 Å². The fourth-order valence-corrected chi connectivity index (χ4v) is 3.78. The molecule has 6 nitrogen and oxygen atoms in total. The van der Waals surface area contributed by atoms with Gasteiger partial charge in [-0.05, 0) is 51.8 Å². The van der Waals surface area contributed by atoms with E-state index in [1.54, 1.807) is 0 Å². The molecule has 28 heavy (non-hydrogen) atoms. The minimum Gasteiger partial charge on any atom is -0.330 e. The highest BCUT2D eigenvalue weighted by atomic mass is 35.5. The van der Waals surface area contributed by atoms with Gasteiger partial charge in [-0.2, -0.15) is 0 Å². The Morgan fingerprint density at radius 1 is 1.29 bits per heavy atom. The van der Waals surface area contributed by atoms with Crippen LogP contribution in [0.3, 0.4) is 0 Å². The van der Waals surface area contributed by atoms with Gasteiger partial charge in [-0.3, -0.25) is 4.79 Å². The van der Waals surface area contributed by atoms with Crippen molar-refractivity contribution in [3.63, 3.8) is 0 Å². The Bertz CT molecular complexity index is 743. The molecule has 0 radical (unpaired) electrons. The van der Waals surface area contributed by atoms with E-state index in [0.29, 0.717) is 11.7 Å². The quantitative estimate of drug-likeness (QED) is 0.757. The molecule has 3 rings (SSSR count). The van der Waals surface area contributed by atoms with Crippen LogP contribution in [0, 0.1) is 6.92 Å². The second-order valence-corrected chi connectivity index (χ2v) is 7.39. The Labute approximate surface area is 174 Å². The summed E-state index contributed by atoms with van der Waals surface area (Å²) in [6.07, 6.45) is 4.08. The molecule has 0 aliphatic carbocycles. The number of hydrogen-bond donors (Lipinski definition) is 1. The Balaban J connectivity index is 0.00000280. The van der Waals surface area contributed by atoms with E-state index < -0.39 is 0 Å². The van der Waals surface area contributed by atoms with E-state index in [1.165, 1.54) is 0 Å². The number of nitrogens with zero attached hydrogens (tertiary/aromatic N) is 4. The molecule has 1 aliphatic heterocycles. The third kappa shape index (κ3) is 4.92. The highest BCUT2D eigenvalue weighted by molar-refractivity contribution is 5.93. The fourth-order valence-electron chi connectivity index (χ4n) is 3.78. The van der Waals surface area contributed by atoms with Crippen LogP contribution >= 0.6 is 12.4 Å². The number of aromatic nitrogens is 3. The SMILES string of the molecule is CCCCN(C(=O)c1nnn(C2CCNCC2)c1C)C(C)c1ccccc1.Cl. The molecule has 2 aromatic rings. The van der Waals surface area contributed by atoms with Crippen LogP contribution in [-0.4, -0.2) is 45.4 Å². The monoisotopic (exact) mass is 405 g/mol. The molecule has 1 N–H and O–H groups in total. The molecular weight excluding hydrogens is 374 g/mol. The molecule has 1 aromatic heterocycles. The number of benzene rings is 1. The summed E-state index contributed by atoms with van der Waals surface area (Å²) >= 11 is 0. The van der Waals surface area contributed by atoms with Crippen LogP contribution in [0.25, 0.3) is 0 Å². The molecule has 1 atom stereocenters. The number of carbonyl (C=O) groups is 1. The van der Waals surface area contributed by atoms with Crippen LogP contribution in [0.4, 0.5) is 0 Å². The van der Waals surface area contributed by atoms with E-state index in [4.69, 9.17) is 0 Å². The van der Waals surface area contributed by atoms with Crippen LogP contribution in [0.1, 0.15) is 73.4 Å². The maximum absolute atomic E-state index is 13.4. The molecule has 154 valence electrons. The van der Waals surface area contributed by atoms with Crippen LogP contribution in [0.5, 0.6) is 0 Å². The van der Waals surface area contributed by atoms with Gasteiger partial charge in [0.1, 0.15) is 0 Å². The summed E-state index contributed by atoms with van der Waals surface area (Å²) in [6, 6.07) is 10.5. The topological polar surface area (TPSA) is 63.1 Å².